The number of nitrogens with zero attached hydrogens (tertiary/aromatic N) is 3. The second-order valence-corrected chi connectivity index (χ2v) is 4.50. The average molecular weight is 233 g/mol. The van der Waals surface area contributed by atoms with E-state index in [1.807, 2.05) is 6.92 Å². The smallest absolute Gasteiger partial charge is 0.260 e. The summed E-state index contributed by atoms with van der Waals surface area (Å²) >= 11 is 0. The molecule has 1 saturated heterocycles. The van der Waals surface area contributed by atoms with Crippen molar-refractivity contribution in [1.29, 1.82) is 0 Å². The van der Waals surface area contributed by atoms with Crippen LogP contribution in [0.4, 0.5) is 0 Å². The normalized spacial score (nSPS) is 17.7. The molecule has 2 N–H and O–H groups in total. The van der Waals surface area contributed by atoms with Crippen molar-refractivity contribution in [3.63, 3.8) is 0 Å². The van der Waals surface area contributed by atoms with Crippen molar-refractivity contribution in [3.8, 4) is 0 Å². The Kier molecular flexibility index (Phi) is 2.44. The molecule has 0 unspecified atom stereocenters. The number of rotatable bonds is 1. The number of aryl methyl sites for hydroxylation is 1. The standard InChI is InChI=1S/C11H15N5O/c1-7-6-9(17)16-10(14-15-11(16)13-7)8-2-4-12-5-3-8/h6,8,12H,2-5H2,1H3,(H,13,15). The molecule has 0 radical (unpaired) electrons. The largest absolute Gasteiger partial charge is 0.317 e. The van der Waals surface area contributed by atoms with Gasteiger partial charge in [-0.1, -0.05) is 0 Å². The van der Waals surface area contributed by atoms with Crippen molar-refractivity contribution in [3.05, 3.63) is 27.9 Å². The van der Waals surface area contributed by atoms with Gasteiger partial charge in [-0.3, -0.25) is 4.79 Å². The molecule has 0 atom stereocenters. The maximum absolute atomic E-state index is 12.0. The van der Waals surface area contributed by atoms with E-state index in [1.54, 1.807) is 10.5 Å². The summed E-state index contributed by atoms with van der Waals surface area (Å²) in [6, 6.07) is 1.55. The van der Waals surface area contributed by atoms with Gasteiger partial charge >= 0.3 is 0 Å². The van der Waals surface area contributed by atoms with E-state index in [9.17, 15) is 4.79 Å². The van der Waals surface area contributed by atoms with Crippen LogP contribution >= 0.6 is 0 Å². The van der Waals surface area contributed by atoms with Crippen LogP contribution in [-0.4, -0.2) is 32.7 Å². The number of H-pyrrole nitrogens is 1. The van der Waals surface area contributed by atoms with E-state index in [2.05, 4.69) is 20.5 Å². The van der Waals surface area contributed by atoms with Crippen molar-refractivity contribution in [2.45, 2.75) is 25.7 Å². The fourth-order valence-electron chi connectivity index (χ4n) is 2.40. The van der Waals surface area contributed by atoms with Gasteiger partial charge in [-0.25, -0.2) is 14.5 Å². The molecule has 3 heterocycles. The highest BCUT2D eigenvalue weighted by Gasteiger charge is 2.21. The van der Waals surface area contributed by atoms with Crippen LogP contribution in [0.3, 0.4) is 0 Å². The third-order valence-corrected chi connectivity index (χ3v) is 3.25. The van der Waals surface area contributed by atoms with Gasteiger partial charge in [0.25, 0.3) is 5.56 Å². The predicted octanol–water partition coefficient (Wildman–Crippen LogP) is 0.193. The van der Waals surface area contributed by atoms with Gasteiger partial charge in [0.2, 0.25) is 5.78 Å². The van der Waals surface area contributed by atoms with E-state index in [0.29, 0.717) is 11.7 Å². The number of hydrogen-bond donors (Lipinski definition) is 2. The van der Waals surface area contributed by atoms with Gasteiger partial charge < -0.3 is 5.32 Å². The van der Waals surface area contributed by atoms with Gasteiger partial charge in [0.05, 0.1) is 0 Å². The molecule has 3 rings (SSSR count). The van der Waals surface area contributed by atoms with Gasteiger partial charge in [0, 0.05) is 17.7 Å². The summed E-state index contributed by atoms with van der Waals surface area (Å²) in [5.41, 5.74) is 0.672. The van der Waals surface area contributed by atoms with E-state index in [0.717, 1.165) is 37.4 Å². The zero-order valence-electron chi connectivity index (χ0n) is 9.73. The Balaban J connectivity index is 2.14. The Morgan fingerprint density at radius 2 is 2.18 bits per heavy atom. The van der Waals surface area contributed by atoms with Crippen LogP contribution in [0.1, 0.15) is 30.3 Å². The molecule has 17 heavy (non-hydrogen) atoms. The van der Waals surface area contributed by atoms with Crippen molar-refractivity contribution in [2.75, 3.05) is 13.1 Å². The second-order valence-electron chi connectivity index (χ2n) is 4.50. The van der Waals surface area contributed by atoms with Crippen LogP contribution in [-0.2, 0) is 0 Å². The van der Waals surface area contributed by atoms with Crippen LogP contribution in [0.15, 0.2) is 10.9 Å². The Morgan fingerprint density at radius 1 is 1.41 bits per heavy atom. The Labute approximate surface area is 98.1 Å². The van der Waals surface area contributed by atoms with Crippen LogP contribution in [0.5, 0.6) is 0 Å². The highest BCUT2D eigenvalue weighted by atomic mass is 16.1. The van der Waals surface area contributed by atoms with Gasteiger partial charge in [-0.2, -0.15) is 5.10 Å². The number of nitrogens with one attached hydrogen (secondary N) is 2. The highest BCUT2D eigenvalue weighted by molar-refractivity contribution is 5.29. The summed E-state index contributed by atoms with van der Waals surface area (Å²) in [5, 5.41) is 10.4. The van der Waals surface area contributed by atoms with Crippen molar-refractivity contribution in [2.24, 2.45) is 0 Å². The van der Waals surface area contributed by atoms with Crippen LogP contribution in [0, 0.1) is 6.92 Å². The molecule has 0 spiro atoms. The van der Waals surface area contributed by atoms with Crippen LogP contribution in [0.25, 0.3) is 5.78 Å². The van der Waals surface area contributed by atoms with Gasteiger partial charge in [-0.05, 0) is 32.9 Å². The first-order chi connectivity index (χ1) is 8.25. The number of aromatic nitrogens is 4. The molecule has 1 fully saturated rings. The Bertz CT molecular complexity index is 593. The molecule has 2 aromatic heterocycles. The summed E-state index contributed by atoms with van der Waals surface area (Å²) in [6.45, 7) is 3.77. The zero-order valence-corrected chi connectivity index (χ0v) is 9.73. The first-order valence-corrected chi connectivity index (χ1v) is 5.91. The van der Waals surface area contributed by atoms with E-state index in [-0.39, 0.29) is 5.56 Å². The third kappa shape index (κ3) is 1.74. The SMILES string of the molecule is Cc1cc(=O)n2c(C3CCNCC3)n[nH]c2n1. The minimum absolute atomic E-state index is 0.0465. The summed E-state index contributed by atoms with van der Waals surface area (Å²) in [5.74, 6) is 1.70. The molecular formula is C11H15N5O. The lowest BCUT2D eigenvalue weighted by Gasteiger charge is -2.20. The summed E-state index contributed by atoms with van der Waals surface area (Å²) in [6.07, 6.45) is 2.03. The molecule has 0 bridgehead atoms. The third-order valence-electron chi connectivity index (χ3n) is 3.25. The summed E-state index contributed by atoms with van der Waals surface area (Å²) < 4.78 is 1.60. The topological polar surface area (TPSA) is 75.1 Å². The minimum Gasteiger partial charge on any atom is -0.317 e. The van der Waals surface area contributed by atoms with Crippen LogP contribution in [0.2, 0.25) is 0 Å². The lowest BCUT2D eigenvalue weighted by atomic mass is 9.97. The van der Waals surface area contributed by atoms with Crippen molar-refractivity contribution >= 4 is 5.78 Å². The molecule has 1 aliphatic rings. The molecule has 2 aromatic rings. The van der Waals surface area contributed by atoms with E-state index in [1.165, 1.54) is 0 Å². The maximum atomic E-state index is 12.0. The molecule has 0 amide bonds. The van der Waals surface area contributed by atoms with E-state index in [4.69, 9.17) is 0 Å². The van der Waals surface area contributed by atoms with Crippen molar-refractivity contribution < 1.29 is 0 Å². The summed E-state index contributed by atoms with van der Waals surface area (Å²) in [7, 11) is 0. The molecule has 6 nitrogen and oxygen atoms in total. The van der Waals surface area contributed by atoms with Gasteiger partial charge in [0.15, 0.2) is 0 Å². The first-order valence-electron chi connectivity index (χ1n) is 5.91. The Morgan fingerprint density at radius 3 is 2.94 bits per heavy atom. The lowest BCUT2D eigenvalue weighted by Crippen LogP contribution is -2.29. The molecule has 0 aromatic carbocycles. The molecule has 1 aliphatic heterocycles. The average Bonchev–Trinajstić information content (AvgIpc) is 2.74. The fourth-order valence-corrected chi connectivity index (χ4v) is 2.40. The minimum atomic E-state index is -0.0465. The second kappa shape index (κ2) is 3.96. The molecule has 90 valence electrons. The zero-order chi connectivity index (χ0) is 11.8. The monoisotopic (exact) mass is 233 g/mol. The lowest BCUT2D eigenvalue weighted by molar-refractivity contribution is 0.441. The molecule has 6 heteroatoms. The van der Waals surface area contributed by atoms with E-state index < -0.39 is 0 Å². The number of piperidine rings is 1. The molecule has 0 saturated carbocycles. The molecule has 0 aliphatic carbocycles. The number of aromatic amines is 1. The van der Waals surface area contributed by atoms with Gasteiger partial charge in [0.1, 0.15) is 5.82 Å². The quantitative estimate of drug-likeness (QED) is 0.737. The maximum Gasteiger partial charge on any atom is 0.260 e. The van der Waals surface area contributed by atoms with Crippen molar-refractivity contribution in [1.82, 2.24) is 24.9 Å². The predicted molar refractivity (Wildman–Crippen MR) is 63.2 cm³/mol. The first kappa shape index (κ1) is 10.5. The van der Waals surface area contributed by atoms with Gasteiger partial charge in [-0.15, -0.1) is 0 Å². The summed E-state index contributed by atoms with van der Waals surface area (Å²) in [4.78, 5) is 16.3. The Hall–Kier alpha value is -1.69. The highest BCUT2D eigenvalue weighted by Crippen LogP contribution is 2.22. The van der Waals surface area contributed by atoms with Crippen LogP contribution < -0.4 is 10.9 Å². The fraction of sp³-hybridized carbons (Fsp3) is 0.545. The molecular weight excluding hydrogens is 218 g/mol. The number of fused-ring (bicyclic) bond motifs is 1. The number of hydrogen-bond acceptors (Lipinski definition) is 4. The van der Waals surface area contributed by atoms with E-state index >= 15 is 0 Å².